The van der Waals surface area contributed by atoms with Crippen LogP contribution in [-0.2, 0) is 9.53 Å². The van der Waals surface area contributed by atoms with E-state index in [1.165, 1.54) is 6.20 Å². The first-order chi connectivity index (χ1) is 11.7. The number of hydrogen-bond acceptors (Lipinski definition) is 6. The molecule has 24 heavy (non-hydrogen) atoms. The van der Waals surface area contributed by atoms with Gasteiger partial charge in [0.25, 0.3) is 5.91 Å². The Balaban J connectivity index is 2.20. The van der Waals surface area contributed by atoms with Crippen LogP contribution in [0, 0.1) is 11.3 Å². The van der Waals surface area contributed by atoms with Crippen molar-refractivity contribution in [2.45, 2.75) is 20.3 Å². The molecule has 1 amide bonds. The fraction of sp³-hybridized carbons (Fsp3) is 0.765. The highest BCUT2D eigenvalue weighted by atomic mass is 16.5. The van der Waals surface area contributed by atoms with E-state index in [0.717, 1.165) is 65.4 Å². The number of carbonyl (C=O) groups is 1. The molecular weight excluding hydrogens is 306 g/mol. The number of hydrogen-bond donors (Lipinski definition) is 2. The highest BCUT2D eigenvalue weighted by Gasteiger charge is 2.12. The maximum absolute atomic E-state index is 12.0. The van der Waals surface area contributed by atoms with Crippen molar-refractivity contribution < 1.29 is 9.53 Å². The van der Waals surface area contributed by atoms with Crippen LogP contribution in [0.15, 0.2) is 11.8 Å². The quantitative estimate of drug-likeness (QED) is 0.318. The first-order valence-corrected chi connectivity index (χ1v) is 8.85. The Hall–Kier alpha value is -1.62. The van der Waals surface area contributed by atoms with Crippen molar-refractivity contribution in [2.24, 2.45) is 0 Å². The van der Waals surface area contributed by atoms with Crippen LogP contribution in [0.25, 0.3) is 0 Å². The van der Waals surface area contributed by atoms with Crippen LogP contribution >= 0.6 is 0 Å². The van der Waals surface area contributed by atoms with E-state index in [1.54, 1.807) is 0 Å². The second-order valence-electron chi connectivity index (χ2n) is 5.71. The largest absolute Gasteiger partial charge is 0.390 e. The van der Waals surface area contributed by atoms with Gasteiger partial charge in [0.15, 0.2) is 0 Å². The van der Waals surface area contributed by atoms with Crippen LogP contribution in [0.2, 0.25) is 0 Å². The molecule has 0 aliphatic carbocycles. The minimum Gasteiger partial charge on any atom is -0.390 e. The molecule has 7 heteroatoms. The third-order valence-electron chi connectivity index (χ3n) is 4.12. The van der Waals surface area contributed by atoms with Gasteiger partial charge >= 0.3 is 0 Å². The summed E-state index contributed by atoms with van der Waals surface area (Å²) >= 11 is 0. The van der Waals surface area contributed by atoms with Crippen molar-refractivity contribution in [2.75, 3.05) is 65.6 Å². The molecule has 1 heterocycles. The SMILES string of the molecule is CCN(CC)CCCN/C=C(/C#N)C(=O)NCCN1CCOCC1. The molecule has 1 saturated heterocycles. The molecule has 0 saturated carbocycles. The summed E-state index contributed by atoms with van der Waals surface area (Å²) in [6.45, 7) is 12.7. The van der Waals surface area contributed by atoms with Crippen molar-refractivity contribution in [1.82, 2.24) is 20.4 Å². The maximum Gasteiger partial charge on any atom is 0.263 e. The van der Waals surface area contributed by atoms with Crippen LogP contribution in [0.5, 0.6) is 0 Å². The molecule has 0 unspecified atom stereocenters. The van der Waals surface area contributed by atoms with Gasteiger partial charge in [0.05, 0.1) is 13.2 Å². The number of ether oxygens (including phenoxy) is 1. The predicted octanol–water partition coefficient (Wildman–Crippen LogP) is 0.164. The molecule has 0 aromatic carbocycles. The van der Waals surface area contributed by atoms with Crippen LogP contribution in [0.1, 0.15) is 20.3 Å². The maximum atomic E-state index is 12.0. The zero-order chi connectivity index (χ0) is 17.6. The fourth-order valence-electron chi connectivity index (χ4n) is 2.51. The summed E-state index contributed by atoms with van der Waals surface area (Å²) in [4.78, 5) is 16.6. The van der Waals surface area contributed by atoms with Crippen molar-refractivity contribution in [1.29, 1.82) is 5.26 Å². The van der Waals surface area contributed by atoms with Gasteiger partial charge < -0.3 is 20.3 Å². The number of nitriles is 1. The number of nitrogens with one attached hydrogen (secondary N) is 2. The Morgan fingerprint density at radius 1 is 1.29 bits per heavy atom. The molecule has 136 valence electrons. The summed E-state index contributed by atoms with van der Waals surface area (Å²) in [6, 6.07) is 1.95. The van der Waals surface area contributed by atoms with E-state index < -0.39 is 0 Å². The molecular formula is C17H31N5O2. The van der Waals surface area contributed by atoms with E-state index in [4.69, 9.17) is 10.00 Å². The van der Waals surface area contributed by atoms with Gasteiger partial charge in [0.2, 0.25) is 0 Å². The molecule has 0 aromatic rings. The molecule has 0 aromatic heterocycles. The lowest BCUT2D eigenvalue weighted by Gasteiger charge is -2.26. The molecule has 1 fully saturated rings. The first kappa shape index (κ1) is 20.4. The van der Waals surface area contributed by atoms with Gasteiger partial charge in [-0.15, -0.1) is 0 Å². The molecule has 0 atom stereocenters. The topological polar surface area (TPSA) is 80.6 Å². The Morgan fingerprint density at radius 2 is 2.00 bits per heavy atom. The smallest absolute Gasteiger partial charge is 0.263 e. The third kappa shape index (κ3) is 8.29. The molecule has 0 spiro atoms. The highest BCUT2D eigenvalue weighted by molar-refractivity contribution is 5.97. The Kier molecular flexibility index (Phi) is 10.9. The zero-order valence-electron chi connectivity index (χ0n) is 15.0. The van der Waals surface area contributed by atoms with Crippen LogP contribution in [-0.4, -0.2) is 81.3 Å². The molecule has 7 nitrogen and oxygen atoms in total. The molecule has 0 bridgehead atoms. The van der Waals surface area contributed by atoms with E-state index >= 15 is 0 Å². The van der Waals surface area contributed by atoms with Gasteiger partial charge in [0.1, 0.15) is 11.6 Å². The average Bonchev–Trinajstić information content (AvgIpc) is 2.62. The Bertz CT molecular complexity index is 423. The minimum atomic E-state index is -0.318. The number of rotatable bonds is 11. The molecule has 1 aliphatic heterocycles. The summed E-state index contributed by atoms with van der Waals surface area (Å²) in [6.07, 6.45) is 2.50. The monoisotopic (exact) mass is 337 g/mol. The fourth-order valence-corrected chi connectivity index (χ4v) is 2.51. The number of amides is 1. The van der Waals surface area contributed by atoms with Gasteiger partial charge in [-0.3, -0.25) is 9.69 Å². The van der Waals surface area contributed by atoms with Crippen LogP contribution in [0.4, 0.5) is 0 Å². The Morgan fingerprint density at radius 3 is 2.62 bits per heavy atom. The van der Waals surface area contributed by atoms with Crippen molar-refractivity contribution in [3.8, 4) is 6.07 Å². The normalized spacial score (nSPS) is 16.0. The lowest BCUT2D eigenvalue weighted by molar-refractivity contribution is -0.117. The molecule has 1 aliphatic rings. The summed E-state index contributed by atoms with van der Waals surface area (Å²) in [5.74, 6) is -0.318. The van der Waals surface area contributed by atoms with Crippen molar-refractivity contribution >= 4 is 5.91 Å². The lowest BCUT2D eigenvalue weighted by Crippen LogP contribution is -2.41. The summed E-state index contributed by atoms with van der Waals surface area (Å²) in [5, 5.41) is 15.0. The standard InChI is InChI=1S/C17H31N5O2/c1-3-21(4-2)8-5-6-19-15-16(14-18)17(23)20-7-9-22-10-12-24-13-11-22/h15,19H,3-13H2,1-2H3,(H,20,23)/b16-15-. The number of nitrogens with zero attached hydrogens (tertiary/aromatic N) is 3. The number of morpholine rings is 1. The van der Waals surface area contributed by atoms with Crippen LogP contribution in [0.3, 0.4) is 0 Å². The van der Waals surface area contributed by atoms with Crippen molar-refractivity contribution in [3.63, 3.8) is 0 Å². The van der Waals surface area contributed by atoms with Gasteiger partial charge in [0, 0.05) is 38.9 Å². The van der Waals surface area contributed by atoms with Crippen LogP contribution < -0.4 is 10.6 Å². The van der Waals surface area contributed by atoms with E-state index in [1.807, 2.05) is 6.07 Å². The van der Waals surface area contributed by atoms with Crippen molar-refractivity contribution in [3.05, 3.63) is 11.8 Å². The van der Waals surface area contributed by atoms with Gasteiger partial charge in [-0.25, -0.2) is 0 Å². The van der Waals surface area contributed by atoms with E-state index in [0.29, 0.717) is 6.54 Å². The van der Waals surface area contributed by atoms with E-state index in [2.05, 4.69) is 34.3 Å². The second kappa shape index (κ2) is 12.8. The van der Waals surface area contributed by atoms with E-state index in [9.17, 15) is 4.79 Å². The third-order valence-corrected chi connectivity index (χ3v) is 4.12. The van der Waals surface area contributed by atoms with Gasteiger partial charge in [-0.05, 0) is 26.1 Å². The summed E-state index contributed by atoms with van der Waals surface area (Å²) in [7, 11) is 0. The molecule has 1 rings (SSSR count). The summed E-state index contributed by atoms with van der Waals surface area (Å²) < 4.78 is 5.28. The minimum absolute atomic E-state index is 0.125. The molecule has 0 radical (unpaired) electrons. The zero-order valence-corrected chi connectivity index (χ0v) is 15.0. The molecule has 2 N–H and O–H groups in total. The summed E-state index contributed by atoms with van der Waals surface area (Å²) in [5.41, 5.74) is 0.125. The number of carbonyl (C=O) groups excluding carboxylic acids is 1. The Labute approximate surface area is 145 Å². The highest BCUT2D eigenvalue weighted by Crippen LogP contribution is 1.96. The van der Waals surface area contributed by atoms with Gasteiger partial charge in [-0.2, -0.15) is 5.26 Å². The first-order valence-electron chi connectivity index (χ1n) is 8.85. The predicted molar refractivity (Wildman–Crippen MR) is 94.4 cm³/mol. The van der Waals surface area contributed by atoms with E-state index in [-0.39, 0.29) is 11.5 Å². The van der Waals surface area contributed by atoms with Gasteiger partial charge in [-0.1, -0.05) is 13.8 Å². The average molecular weight is 337 g/mol. The lowest BCUT2D eigenvalue weighted by atomic mass is 10.3. The second-order valence-corrected chi connectivity index (χ2v) is 5.71.